The van der Waals surface area contributed by atoms with Crippen molar-refractivity contribution in [3.8, 4) is 0 Å². The van der Waals surface area contributed by atoms with Gasteiger partial charge in [0.15, 0.2) is 13.1 Å². The van der Waals surface area contributed by atoms with Crippen molar-refractivity contribution in [2.24, 2.45) is 5.92 Å². The maximum atomic E-state index is 16.2. The molecule has 0 amide bonds. The van der Waals surface area contributed by atoms with Crippen LogP contribution >= 0.6 is 7.29 Å². The van der Waals surface area contributed by atoms with E-state index in [0.29, 0.717) is 5.30 Å². The van der Waals surface area contributed by atoms with E-state index < -0.39 is 12.4 Å². The molecule has 0 aromatic heterocycles. The van der Waals surface area contributed by atoms with Gasteiger partial charge in [0.2, 0.25) is 0 Å². The number of aliphatic hydroxyl groups is 1. The number of benzene rings is 4. The predicted molar refractivity (Wildman–Crippen MR) is 150 cm³/mol. The van der Waals surface area contributed by atoms with Crippen molar-refractivity contribution in [2.45, 2.75) is 18.1 Å². The normalized spacial score (nSPS) is 27.1. The molecule has 37 heavy (non-hydrogen) atoms. The van der Waals surface area contributed by atoms with Crippen LogP contribution in [0.2, 0.25) is 0 Å². The zero-order valence-corrected chi connectivity index (χ0v) is 21.7. The molecule has 0 saturated carbocycles. The Kier molecular flexibility index (Phi) is 5.56. The van der Waals surface area contributed by atoms with E-state index in [9.17, 15) is 9.90 Å². The van der Waals surface area contributed by atoms with Crippen molar-refractivity contribution in [1.82, 2.24) is 4.67 Å². The van der Waals surface area contributed by atoms with E-state index in [4.69, 9.17) is 0 Å². The van der Waals surface area contributed by atoms with E-state index in [-0.39, 0.29) is 23.5 Å². The lowest BCUT2D eigenvalue weighted by Crippen LogP contribution is -2.39. The molecule has 1 saturated heterocycles. The number of carbonyl (C=O) groups is 1. The molecule has 4 aromatic carbocycles. The number of aliphatic hydroxyl groups excluding tert-OH is 1. The Balaban J connectivity index is 1.80. The summed E-state index contributed by atoms with van der Waals surface area (Å²) in [5, 5.41) is 13.2. The number of fused-ring (bicyclic) bond motifs is 4. The summed E-state index contributed by atoms with van der Waals surface area (Å²) in [4.78, 5) is 12.4. The van der Waals surface area contributed by atoms with Gasteiger partial charge in [0, 0.05) is 23.3 Å². The molecule has 4 nitrogen and oxygen atoms in total. The molecule has 4 atom stereocenters. The number of allylic oxidation sites excluding steroid dienone is 2. The second-order valence-corrected chi connectivity index (χ2v) is 12.9. The molecule has 1 aliphatic carbocycles. The molecule has 4 aromatic rings. The highest BCUT2D eigenvalue weighted by Gasteiger charge is 2.69. The Bertz CT molecular complexity index is 1640. The Labute approximate surface area is 217 Å². The van der Waals surface area contributed by atoms with Crippen LogP contribution in [0.1, 0.15) is 29.7 Å². The molecule has 1 aliphatic heterocycles. The minimum Gasteiger partial charge on any atom is -0.511 e. The molecule has 1 fully saturated rings. The minimum atomic E-state index is -3.68. The smallest absolute Gasteiger partial charge is 0.197 e. The van der Waals surface area contributed by atoms with Gasteiger partial charge in [-0.3, -0.25) is 9.36 Å². The molecular weight excluding hydrogens is 477 g/mol. The minimum absolute atomic E-state index is 0.150. The van der Waals surface area contributed by atoms with Crippen LogP contribution in [0.25, 0.3) is 16.8 Å². The molecule has 0 spiro atoms. The summed E-state index contributed by atoms with van der Waals surface area (Å²) in [5.41, 5.74) is 2.68. The number of ketones is 1. The molecular formula is C32H28NO3P. The average molecular weight is 506 g/mol. The fraction of sp³-hybridized carbons (Fsp3) is 0.156. The SMILES string of the molecule is CC(=O)/C=C(/O)[C@@]12c3ccccc3C=C[C@@H]1[C@H](c1ccccc1)N(C)P2(=O)c1cccc2ccccc12. The number of hydrogen-bond acceptors (Lipinski definition) is 3. The number of rotatable bonds is 4. The van der Waals surface area contributed by atoms with Gasteiger partial charge in [-0.05, 0) is 47.5 Å². The van der Waals surface area contributed by atoms with Crippen molar-refractivity contribution in [2.75, 3.05) is 7.05 Å². The fourth-order valence-corrected chi connectivity index (χ4v) is 10.7. The molecule has 2 aliphatic rings. The van der Waals surface area contributed by atoms with Crippen molar-refractivity contribution in [3.05, 3.63) is 132 Å². The van der Waals surface area contributed by atoms with E-state index in [1.54, 1.807) is 0 Å². The van der Waals surface area contributed by atoms with Gasteiger partial charge < -0.3 is 5.11 Å². The highest BCUT2D eigenvalue weighted by molar-refractivity contribution is 7.71. The lowest BCUT2D eigenvalue weighted by molar-refractivity contribution is -0.112. The van der Waals surface area contributed by atoms with Gasteiger partial charge >= 0.3 is 0 Å². The van der Waals surface area contributed by atoms with Crippen LogP contribution in [-0.4, -0.2) is 22.6 Å². The van der Waals surface area contributed by atoms with Crippen molar-refractivity contribution in [1.29, 1.82) is 0 Å². The first-order valence-electron chi connectivity index (χ1n) is 12.5. The molecule has 6 rings (SSSR count). The summed E-state index contributed by atoms with van der Waals surface area (Å²) in [6, 6.07) is 31.3. The summed E-state index contributed by atoms with van der Waals surface area (Å²) < 4.78 is 18.2. The zero-order chi connectivity index (χ0) is 25.8. The summed E-state index contributed by atoms with van der Waals surface area (Å²) in [7, 11) is -1.78. The van der Waals surface area contributed by atoms with Crippen molar-refractivity contribution in [3.63, 3.8) is 0 Å². The van der Waals surface area contributed by atoms with Crippen LogP contribution in [0.15, 0.2) is 115 Å². The number of carbonyl (C=O) groups excluding carboxylic acids is 1. The lowest BCUT2D eigenvalue weighted by Gasteiger charge is -2.42. The Morgan fingerprint density at radius 2 is 1.59 bits per heavy atom. The first-order valence-corrected chi connectivity index (χ1v) is 14.1. The van der Waals surface area contributed by atoms with Gasteiger partial charge in [-0.15, -0.1) is 0 Å². The van der Waals surface area contributed by atoms with Crippen LogP contribution in [0.3, 0.4) is 0 Å². The monoisotopic (exact) mass is 505 g/mol. The molecule has 0 bridgehead atoms. The van der Waals surface area contributed by atoms with Gasteiger partial charge in [0.1, 0.15) is 10.9 Å². The van der Waals surface area contributed by atoms with Crippen LogP contribution in [0.4, 0.5) is 0 Å². The Morgan fingerprint density at radius 3 is 2.38 bits per heavy atom. The van der Waals surface area contributed by atoms with Crippen molar-refractivity contribution >= 4 is 35.2 Å². The van der Waals surface area contributed by atoms with E-state index in [0.717, 1.165) is 27.5 Å². The topological polar surface area (TPSA) is 57.6 Å². The summed E-state index contributed by atoms with van der Waals surface area (Å²) in [6.45, 7) is 1.42. The number of nitrogens with zero attached hydrogens (tertiary/aromatic N) is 1. The maximum absolute atomic E-state index is 16.2. The summed E-state index contributed by atoms with van der Waals surface area (Å²) in [5.74, 6) is -0.813. The molecule has 5 heteroatoms. The first kappa shape index (κ1) is 23.7. The van der Waals surface area contributed by atoms with Crippen LogP contribution in [-0.2, 0) is 14.5 Å². The van der Waals surface area contributed by atoms with Crippen LogP contribution < -0.4 is 5.30 Å². The average Bonchev–Trinajstić information content (AvgIpc) is 3.13. The third-order valence-electron chi connectivity index (χ3n) is 7.97. The zero-order valence-electron chi connectivity index (χ0n) is 20.8. The molecule has 1 heterocycles. The molecule has 1 unspecified atom stereocenters. The van der Waals surface area contributed by atoms with E-state index in [1.165, 1.54) is 13.0 Å². The third kappa shape index (κ3) is 3.19. The summed E-state index contributed by atoms with van der Waals surface area (Å²) >= 11 is 0. The highest BCUT2D eigenvalue weighted by Crippen LogP contribution is 2.80. The fourth-order valence-electron chi connectivity index (χ4n) is 6.54. The first-order chi connectivity index (χ1) is 17.9. The number of hydrogen-bond donors (Lipinski definition) is 1. The van der Waals surface area contributed by atoms with E-state index >= 15 is 4.57 Å². The quantitative estimate of drug-likeness (QED) is 0.184. The van der Waals surface area contributed by atoms with Gasteiger partial charge in [-0.1, -0.05) is 103 Å². The van der Waals surface area contributed by atoms with Crippen LogP contribution in [0.5, 0.6) is 0 Å². The lowest BCUT2D eigenvalue weighted by atomic mass is 9.72. The predicted octanol–water partition coefficient (Wildman–Crippen LogP) is 7.00. The van der Waals surface area contributed by atoms with Crippen LogP contribution in [0, 0.1) is 5.92 Å². The van der Waals surface area contributed by atoms with Crippen molar-refractivity contribution < 1.29 is 14.5 Å². The van der Waals surface area contributed by atoms with Gasteiger partial charge in [0.05, 0.1) is 0 Å². The molecule has 0 radical (unpaired) electrons. The van der Waals surface area contributed by atoms with E-state index in [2.05, 4.69) is 12.2 Å². The second-order valence-electron chi connectivity index (χ2n) is 9.88. The maximum Gasteiger partial charge on any atom is 0.197 e. The standard InChI is InChI=1S/C32H28NO3P/c1-22(34)21-30(35)32-27-17-9-7-12-24(27)19-20-28(32)31(25-13-4-3-5-14-25)33(2)37(32,36)29-18-10-15-23-11-6-8-16-26(23)29/h3-21,28,31,35H,1-2H3/b30-21+/t28-,31+,32-,37?/m1/s1. The van der Waals surface area contributed by atoms with E-state index in [1.807, 2.05) is 109 Å². The van der Waals surface area contributed by atoms with Gasteiger partial charge in [-0.25, -0.2) is 4.67 Å². The Hall–Kier alpha value is -3.72. The third-order valence-corrected chi connectivity index (χ3v) is 11.9. The molecule has 1 N–H and O–H groups in total. The largest absolute Gasteiger partial charge is 0.511 e. The Morgan fingerprint density at radius 1 is 0.919 bits per heavy atom. The second kappa shape index (κ2) is 8.69. The molecule has 184 valence electrons. The van der Waals surface area contributed by atoms with Gasteiger partial charge in [0.25, 0.3) is 0 Å². The van der Waals surface area contributed by atoms with Gasteiger partial charge in [-0.2, -0.15) is 0 Å². The summed E-state index contributed by atoms with van der Waals surface area (Å²) in [6.07, 6.45) is 5.40. The highest BCUT2D eigenvalue weighted by atomic mass is 31.2.